The molecular formula is C15H16N4O2. The van der Waals surface area contributed by atoms with Crippen molar-refractivity contribution in [3.8, 4) is 11.8 Å². The number of carbonyl (C=O) groups excluding carboxylic acids is 1. The van der Waals surface area contributed by atoms with Crippen LogP contribution >= 0.6 is 0 Å². The normalized spacial score (nSPS) is 9.81. The van der Waals surface area contributed by atoms with Gasteiger partial charge in [0.2, 0.25) is 5.91 Å². The summed E-state index contributed by atoms with van der Waals surface area (Å²) in [5.41, 5.74) is 2.43. The quantitative estimate of drug-likeness (QED) is 0.820. The van der Waals surface area contributed by atoms with Crippen LogP contribution in [0.15, 0.2) is 30.9 Å². The number of anilines is 1. The third-order valence-electron chi connectivity index (χ3n) is 2.86. The average molecular weight is 284 g/mol. The maximum absolute atomic E-state index is 11.9. The summed E-state index contributed by atoms with van der Waals surface area (Å²) in [5, 5.41) is 15.5. The predicted molar refractivity (Wildman–Crippen MR) is 78.4 cm³/mol. The molecule has 0 unspecified atom stereocenters. The number of benzene rings is 1. The van der Waals surface area contributed by atoms with Crippen LogP contribution in [0, 0.1) is 18.8 Å². The predicted octanol–water partition coefficient (Wildman–Crippen LogP) is 0.959. The Morgan fingerprint density at radius 2 is 2.33 bits per heavy atom. The van der Waals surface area contributed by atoms with Crippen LogP contribution in [0.4, 0.5) is 5.69 Å². The van der Waals surface area contributed by atoms with Crippen molar-refractivity contribution >= 4 is 11.6 Å². The van der Waals surface area contributed by atoms with Crippen LogP contribution in [0.2, 0.25) is 0 Å². The molecule has 1 aromatic heterocycles. The summed E-state index contributed by atoms with van der Waals surface area (Å²) in [6.45, 7) is 2.21. The molecule has 0 radical (unpaired) electrons. The van der Waals surface area contributed by atoms with Crippen LogP contribution in [-0.2, 0) is 11.3 Å². The van der Waals surface area contributed by atoms with Gasteiger partial charge >= 0.3 is 0 Å². The zero-order valence-electron chi connectivity index (χ0n) is 11.7. The summed E-state index contributed by atoms with van der Waals surface area (Å²) in [5.74, 6) is 5.30. The van der Waals surface area contributed by atoms with Crippen molar-refractivity contribution in [2.24, 2.45) is 0 Å². The highest BCUT2D eigenvalue weighted by atomic mass is 16.2. The largest absolute Gasteiger partial charge is 0.384 e. The molecule has 0 aliphatic heterocycles. The number of aliphatic hydroxyl groups is 1. The van der Waals surface area contributed by atoms with Crippen molar-refractivity contribution < 1.29 is 9.90 Å². The van der Waals surface area contributed by atoms with Gasteiger partial charge < -0.3 is 10.4 Å². The lowest BCUT2D eigenvalue weighted by Gasteiger charge is -2.09. The summed E-state index contributed by atoms with van der Waals surface area (Å²) in [4.78, 5) is 15.8. The van der Waals surface area contributed by atoms with Gasteiger partial charge in [-0.1, -0.05) is 17.9 Å². The maximum Gasteiger partial charge on any atom is 0.226 e. The molecule has 0 atom stereocenters. The molecule has 0 saturated heterocycles. The van der Waals surface area contributed by atoms with E-state index in [-0.39, 0.29) is 12.5 Å². The Hall–Kier alpha value is -2.65. The first-order chi connectivity index (χ1) is 10.2. The van der Waals surface area contributed by atoms with Crippen molar-refractivity contribution in [2.45, 2.75) is 19.9 Å². The Morgan fingerprint density at radius 3 is 3.05 bits per heavy atom. The molecule has 0 fully saturated rings. The Balaban J connectivity index is 1.99. The van der Waals surface area contributed by atoms with E-state index >= 15 is 0 Å². The number of aliphatic hydroxyl groups excluding tert-OH is 1. The number of hydrogen-bond donors (Lipinski definition) is 2. The number of aryl methyl sites for hydroxylation is 2. The molecule has 0 aliphatic rings. The number of hydrogen-bond acceptors (Lipinski definition) is 4. The van der Waals surface area contributed by atoms with Gasteiger partial charge in [0.25, 0.3) is 0 Å². The fourth-order valence-corrected chi connectivity index (χ4v) is 1.75. The van der Waals surface area contributed by atoms with Gasteiger partial charge in [-0.2, -0.15) is 5.10 Å². The number of nitrogens with one attached hydrogen (secondary N) is 1. The van der Waals surface area contributed by atoms with E-state index in [1.165, 1.54) is 6.33 Å². The van der Waals surface area contributed by atoms with Crippen molar-refractivity contribution in [3.05, 3.63) is 42.0 Å². The van der Waals surface area contributed by atoms with E-state index in [1.807, 2.05) is 19.1 Å². The van der Waals surface area contributed by atoms with Crippen LogP contribution in [-0.4, -0.2) is 32.4 Å². The zero-order chi connectivity index (χ0) is 15.1. The molecular weight excluding hydrogens is 268 g/mol. The Kier molecular flexibility index (Phi) is 5.07. The first-order valence-corrected chi connectivity index (χ1v) is 6.51. The fourth-order valence-electron chi connectivity index (χ4n) is 1.75. The molecule has 2 aromatic rings. The molecule has 1 heterocycles. The van der Waals surface area contributed by atoms with Gasteiger partial charge in [0.1, 0.15) is 19.3 Å². The number of aromatic nitrogens is 3. The highest BCUT2D eigenvalue weighted by Crippen LogP contribution is 2.16. The maximum atomic E-state index is 11.9. The number of amides is 1. The number of rotatable bonds is 4. The summed E-state index contributed by atoms with van der Waals surface area (Å²) >= 11 is 0. The van der Waals surface area contributed by atoms with Crippen LogP contribution in [0.5, 0.6) is 0 Å². The van der Waals surface area contributed by atoms with E-state index < -0.39 is 0 Å². The van der Waals surface area contributed by atoms with Crippen LogP contribution < -0.4 is 5.32 Å². The SMILES string of the molecule is Cc1ccc(C#CCO)cc1NC(=O)CCn1cncn1. The Morgan fingerprint density at radius 1 is 1.48 bits per heavy atom. The first kappa shape index (κ1) is 14.8. The second kappa shape index (κ2) is 7.22. The molecule has 0 spiro atoms. The lowest BCUT2D eigenvalue weighted by Crippen LogP contribution is -2.15. The zero-order valence-corrected chi connectivity index (χ0v) is 11.7. The molecule has 1 aromatic carbocycles. The Bertz CT molecular complexity index is 669. The fraction of sp³-hybridized carbons (Fsp3) is 0.267. The van der Waals surface area contributed by atoms with Gasteiger partial charge in [-0.3, -0.25) is 9.48 Å². The smallest absolute Gasteiger partial charge is 0.226 e. The molecule has 6 heteroatoms. The third kappa shape index (κ3) is 4.44. The highest BCUT2D eigenvalue weighted by Gasteiger charge is 2.06. The van der Waals surface area contributed by atoms with Crippen molar-refractivity contribution in [1.29, 1.82) is 0 Å². The lowest BCUT2D eigenvalue weighted by molar-refractivity contribution is -0.116. The van der Waals surface area contributed by atoms with E-state index in [9.17, 15) is 4.79 Å². The lowest BCUT2D eigenvalue weighted by atomic mass is 10.1. The van der Waals surface area contributed by atoms with E-state index in [1.54, 1.807) is 17.1 Å². The van der Waals surface area contributed by atoms with Crippen LogP contribution in [0.25, 0.3) is 0 Å². The minimum atomic E-state index is -0.187. The molecule has 0 aliphatic carbocycles. The van der Waals surface area contributed by atoms with E-state index in [0.717, 1.165) is 16.8 Å². The monoisotopic (exact) mass is 284 g/mol. The number of carbonyl (C=O) groups is 1. The first-order valence-electron chi connectivity index (χ1n) is 6.51. The summed E-state index contributed by atoms with van der Waals surface area (Å²) in [6, 6.07) is 5.53. The van der Waals surface area contributed by atoms with Gasteiger partial charge in [0, 0.05) is 17.7 Å². The molecule has 2 N–H and O–H groups in total. The minimum absolute atomic E-state index is 0.0964. The molecule has 2 rings (SSSR count). The van der Waals surface area contributed by atoms with E-state index in [2.05, 4.69) is 27.2 Å². The van der Waals surface area contributed by atoms with Gasteiger partial charge in [-0.25, -0.2) is 4.98 Å². The summed E-state index contributed by atoms with van der Waals surface area (Å²) < 4.78 is 1.61. The van der Waals surface area contributed by atoms with Crippen molar-refractivity contribution in [1.82, 2.24) is 14.8 Å². The third-order valence-corrected chi connectivity index (χ3v) is 2.86. The van der Waals surface area contributed by atoms with E-state index in [0.29, 0.717) is 13.0 Å². The molecule has 0 saturated carbocycles. The molecule has 6 nitrogen and oxygen atoms in total. The number of nitrogens with zero attached hydrogens (tertiary/aromatic N) is 3. The van der Waals surface area contributed by atoms with E-state index in [4.69, 9.17) is 5.11 Å². The van der Waals surface area contributed by atoms with Crippen molar-refractivity contribution in [2.75, 3.05) is 11.9 Å². The van der Waals surface area contributed by atoms with Crippen molar-refractivity contribution in [3.63, 3.8) is 0 Å². The topological polar surface area (TPSA) is 80.0 Å². The summed E-state index contributed by atoms with van der Waals surface area (Å²) in [7, 11) is 0. The van der Waals surface area contributed by atoms with Gasteiger partial charge in [0.05, 0.1) is 6.54 Å². The van der Waals surface area contributed by atoms with Crippen LogP contribution in [0.3, 0.4) is 0 Å². The highest BCUT2D eigenvalue weighted by molar-refractivity contribution is 5.91. The average Bonchev–Trinajstić information content (AvgIpc) is 2.99. The molecule has 0 bridgehead atoms. The summed E-state index contributed by atoms with van der Waals surface area (Å²) in [6.07, 6.45) is 3.32. The van der Waals surface area contributed by atoms with Gasteiger partial charge in [0.15, 0.2) is 0 Å². The standard InChI is InChI=1S/C15H16N4O2/c1-12-4-5-13(3-2-8-20)9-14(12)18-15(21)6-7-19-11-16-10-17-19/h4-5,9-11,20H,6-8H2,1H3,(H,18,21). The van der Waals surface area contributed by atoms with Gasteiger partial charge in [-0.05, 0) is 24.6 Å². The van der Waals surface area contributed by atoms with Crippen LogP contribution in [0.1, 0.15) is 17.5 Å². The second-order valence-electron chi connectivity index (χ2n) is 4.45. The Labute approximate surface area is 122 Å². The molecule has 21 heavy (non-hydrogen) atoms. The molecule has 108 valence electrons. The minimum Gasteiger partial charge on any atom is -0.384 e. The van der Waals surface area contributed by atoms with Gasteiger partial charge in [-0.15, -0.1) is 0 Å². The second-order valence-corrected chi connectivity index (χ2v) is 4.45. The molecule has 1 amide bonds.